The van der Waals surface area contributed by atoms with Gasteiger partial charge in [0.1, 0.15) is 0 Å². The van der Waals surface area contributed by atoms with Gasteiger partial charge in [0, 0.05) is 26.2 Å². The molecule has 1 atom stereocenters. The summed E-state index contributed by atoms with van der Waals surface area (Å²) in [5, 5.41) is 6.86. The number of hydrogen-bond donors (Lipinski definition) is 2. The minimum Gasteiger partial charge on any atom is -0.383 e. The largest absolute Gasteiger partial charge is 0.383 e. The maximum absolute atomic E-state index is 4.95. The molecule has 12 heavy (non-hydrogen) atoms. The number of nitrogens with one attached hydrogen (secondary N) is 2. The maximum Gasteiger partial charge on any atom is 0.0587 e. The van der Waals surface area contributed by atoms with Crippen LogP contribution >= 0.6 is 0 Å². The Hall–Kier alpha value is -0.120. The Balaban J connectivity index is 1.91. The van der Waals surface area contributed by atoms with Crippen LogP contribution in [0.25, 0.3) is 0 Å². The van der Waals surface area contributed by atoms with Gasteiger partial charge in [-0.1, -0.05) is 6.42 Å². The summed E-state index contributed by atoms with van der Waals surface area (Å²) in [6.07, 6.45) is 4.04. The Morgan fingerprint density at radius 3 is 3.08 bits per heavy atom. The summed E-state index contributed by atoms with van der Waals surface area (Å²) in [6.45, 7) is 4.06. The van der Waals surface area contributed by atoms with E-state index in [1.165, 1.54) is 25.8 Å². The number of methoxy groups -OCH3 is 1. The molecule has 1 heterocycles. The highest BCUT2D eigenvalue weighted by Gasteiger charge is 2.10. The smallest absolute Gasteiger partial charge is 0.0587 e. The molecule has 0 saturated carbocycles. The summed E-state index contributed by atoms with van der Waals surface area (Å²) in [7, 11) is 1.74. The summed E-state index contributed by atoms with van der Waals surface area (Å²) >= 11 is 0. The van der Waals surface area contributed by atoms with Crippen molar-refractivity contribution in [3.63, 3.8) is 0 Å². The molecule has 1 fully saturated rings. The first-order valence-electron chi connectivity index (χ1n) is 4.86. The van der Waals surface area contributed by atoms with Gasteiger partial charge in [0.2, 0.25) is 0 Å². The third kappa shape index (κ3) is 4.04. The molecule has 1 aliphatic rings. The second-order valence-corrected chi connectivity index (χ2v) is 3.34. The van der Waals surface area contributed by atoms with Crippen LogP contribution in [0.4, 0.5) is 0 Å². The number of hydrogen-bond acceptors (Lipinski definition) is 3. The van der Waals surface area contributed by atoms with Crippen molar-refractivity contribution in [2.24, 2.45) is 0 Å². The van der Waals surface area contributed by atoms with E-state index in [4.69, 9.17) is 4.74 Å². The molecule has 3 heteroatoms. The van der Waals surface area contributed by atoms with E-state index in [0.29, 0.717) is 6.04 Å². The monoisotopic (exact) mass is 172 g/mol. The predicted octanol–water partition coefficient (Wildman–Crippen LogP) is 0.364. The van der Waals surface area contributed by atoms with Crippen LogP contribution in [0.2, 0.25) is 0 Å². The van der Waals surface area contributed by atoms with Gasteiger partial charge in [-0.15, -0.1) is 0 Å². The Kier molecular flexibility index (Phi) is 5.32. The van der Waals surface area contributed by atoms with E-state index >= 15 is 0 Å². The lowest BCUT2D eigenvalue weighted by Crippen LogP contribution is -2.42. The molecule has 72 valence electrons. The van der Waals surface area contributed by atoms with Gasteiger partial charge in [-0.05, 0) is 19.4 Å². The molecule has 1 saturated heterocycles. The molecule has 0 aromatic heterocycles. The summed E-state index contributed by atoms with van der Waals surface area (Å²) in [4.78, 5) is 0. The average molecular weight is 172 g/mol. The molecule has 0 aromatic carbocycles. The Morgan fingerprint density at radius 1 is 1.50 bits per heavy atom. The van der Waals surface area contributed by atoms with Crippen LogP contribution in [0.15, 0.2) is 0 Å². The van der Waals surface area contributed by atoms with Crippen molar-refractivity contribution in [1.29, 1.82) is 0 Å². The van der Waals surface area contributed by atoms with Gasteiger partial charge in [0.05, 0.1) is 6.61 Å². The van der Waals surface area contributed by atoms with E-state index in [1.807, 2.05) is 0 Å². The zero-order valence-corrected chi connectivity index (χ0v) is 7.94. The Morgan fingerprint density at radius 2 is 2.42 bits per heavy atom. The van der Waals surface area contributed by atoms with Gasteiger partial charge in [-0.3, -0.25) is 0 Å². The topological polar surface area (TPSA) is 33.3 Å². The fourth-order valence-electron chi connectivity index (χ4n) is 1.55. The molecule has 0 bridgehead atoms. The van der Waals surface area contributed by atoms with Crippen LogP contribution in [0.1, 0.15) is 19.3 Å². The van der Waals surface area contributed by atoms with Gasteiger partial charge < -0.3 is 15.4 Å². The van der Waals surface area contributed by atoms with E-state index in [9.17, 15) is 0 Å². The number of ether oxygens (including phenoxy) is 1. The third-order valence-corrected chi connectivity index (χ3v) is 2.29. The zero-order chi connectivity index (χ0) is 8.65. The lowest BCUT2D eigenvalue weighted by molar-refractivity contribution is 0.197. The SMILES string of the molecule is COCCNCC1CCCCN1. The van der Waals surface area contributed by atoms with Crippen molar-refractivity contribution in [2.75, 3.05) is 33.4 Å². The first kappa shape index (κ1) is 9.96. The van der Waals surface area contributed by atoms with Crippen LogP contribution in [-0.4, -0.2) is 39.4 Å². The summed E-state index contributed by atoms with van der Waals surface area (Å²) in [6, 6.07) is 0.690. The molecule has 0 spiro atoms. The summed E-state index contributed by atoms with van der Waals surface area (Å²) in [5.74, 6) is 0. The van der Waals surface area contributed by atoms with Crippen molar-refractivity contribution < 1.29 is 4.74 Å². The molecule has 0 aliphatic carbocycles. The minimum absolute atomic E-state index is 0.690. The lowest BCUT2D eigenvalue weighted by atomic mass is 10.1. The minimum atomic E-state index is 0.690. The number of rotatable bonds is 5. The first-order chi connectivity index (χ1) is 5.93. The molecular weight excluding hydrogens is 152 g/mol. The second kappa shape index (κ2) is 6.40. The number of piperidine rings is 1. The fourth-order valence-corrected chi connectivity index (χ4v) is 1.55. The molecule has 0 radical (unpaired) electrons. The molecule has 0 aromatic rings. The maximum atomic E-state index is 4.95. The second-order valence-electron chi connectivity index (χ2n) is 3.34. The highest BCUT2D eigenvalue weighted by Crippen LogP contribution is 2.05. The summed E-state index contributed by atoms with van der Waals surface area (Å²) < 4.78 is 4.95. The van der Waals surface area contributed by atoms with Crippen molar-refractivity contribution in [2.45, 2.75) is 25.3 Å². The van der Waals surface area contributed by atoms with E-state index in [1.54, 1.807) is 7.11 Å². The van der Waals surface area contributed by atoms with Crippen LogP contribution in [0.3, 0.4) is 0 Å². The van der Waals surface area contributed by atoms with Gasteiger partial charge >= 0.3 is 0 Å². The van der Waals surface area contributed by atoms with Crippen molar-refractivity contribution in [3.05, 3.63) is 0 Å². The molecule has 1 rings (SSSR count). The Labute approximate surface area is 74.9 Å². The van der Waals surface area contributed by atoms with E-state index < -0.39 is 0 Å². The van der Waals surface area contributed by atoms with Crippen LogP contribution in [-0.2, 0) is 4.74 Å². The normalized spacial score (nSPS) is 24.2. The molecule has 1 aliphatic heterocycles. The molecule has 0 amide bonds. The molecule has 2 N–H and O–H groups in total. The van der Waals surface area contributed by atoms with Gasteiger partial charge in [-0.2, -0.15) is 0 Å². The summed E-state index contributed by atoms with van der Waals surface area (Å²) in [5.41, 5.74) is 0. The van der Waals surface area contributed by atoms with Crippen LogP contribution in [0.5, 0.6) is 0 Å². The fraction of sp³-hybridized carbons (Fsp3) is 1.00. The molecule has 1 unspecified atom stereocenters. The van der Waals surface area contributed by atoms with Crippen molar-refractivity contribution in [1.82, 2.24) is 10.6 Å². The Bertz CT molecular complexity index is 103. The van der Waals surface area contributed by atoms with Gasteiger partial charge in [0.15, 0.2) is 0 Å². The standard InChI is InChI=1S/C9H20N2O/c1-12-7-6-10-8-9-4-2-3-5-11-9/h9-11H,2-8H2,1H3. The van der Waals surface area contributed by atoms with Crippen molar-refractivity contribution >= 4 is 0 Å². The predicted molar refractivity (Wildman–Crippen MR) is 50.4 cm³/mol. The third-order valence-electron chi connectivity index (χ3n) is 2.29. The molecular formula is C9H20N2O. The van der Waals surface area contributed by atoms with E-state index in [0.717, 1.165) is 19.7 Å². The van der Waals surface area contributed by atoms with E-state index in [2.05, 4.69) is 10.6 Å². The van der Waals surface area contributed by atoms with Gasteiger partial charge in [-0.25, -0.2) is 0 Å². The van der Waals surface area contributed by atoms with E-state index in [-0.39, 0.29) is 0 Å². The first-order valence-corrected chi connectivity index (χ1v) is 4.86. The highest BCUT2D eigenvalue weighted by atomic mass is 16.5. The lowest BCUT2D eigenvalue weighted by Gasteiger charge is -2.23. The average Bonchev–Trinajstić information content (AvgIpc) is 2.14. The van der Waals surface area contributed by atoms with Gasteiger partial charge in [0.25, 0.3) is 0 Å². The highest BCUT2D eigenvalue weighted by molar-refractivity contribution is 4.73. The van der Waals surface area contributed by atoms with Crippen LogP contribution < -0.4 is 10.6 Å². The molecule has 3 nitrogen and oxygen atoms in total. The zero-order valence-electron chi connectivity index (χ0n) is 7.94. The van der Waals surface area contributed by atoms with Crippen molar-refractivity contribution in [3.8, 4) is 0 Å². The quantitative estimate of drug-likeness (QED) is 0.588. The van der Waals surface area contributed by atoms with Crippen LogP contribution in [0, 0.1) is 0 Å².